The number of rotatable bonds is 10. The number of anilines is 2. The number of ether oxygens (including phenoxy) is 2. The van der Waals surface area contributed by atoms with Gasteiger partial charge >= 0.3 is 0 Å². The maximum absolute atomic E-state index is 12.1. The maximum Gasteiger partial charge on any atom is 0.225 e. The van der Waals surface area contributed by atoms with Crippen molar-refractivity contribution in [2.75, 3.05) is 36.4 Å². The van der Waals surface area contributed by atoms with Crippen LogP contribution in [0.3, 0.4) is 0 Å². The van der Waals surface area contributed by atoms with E-state index >= 15 is 0 Å². The van der Waals surface area contributed by atoms with Crippen LogP contribution in [0.15, 0.2) is 36.4 Å². The van der Waals surface area contributed by atoms with Crippen LogP contribution >= 0.6 is 35.0 Å². The zero-order valence-electron chi connectivity index (χ0n) is 16.1. The smallest absolute Gasteiger partial charge is 0.225 e. The Morgan fingerprint density at radius 2 is 1.24 bits per heavy atom. The molecular weight excluding hydrogens is 435 g/mol. The molecule has 0 aromatic heterocycles. The average Bonchev–Trinajstić information content (AvgIpc) is 2.68. The van der Waals surface area contributed by atoms with Crippen molar-refractivity contribution in [1.82, 2.24) is 0 Å². The average molecular weight is 457 g/mol. The fraction of sp³-hybridized carbons (Fsp3) is 0.300. The molecule has 0 saturated heterocycles. The number of carbonyl (C=O) groups is 2. The Morgan fingerprint density at radius 1 is 0.828 bits per heavy atom. The van der Waals surface area contributed by atoms with Crippen LogP contribution in [0.5, 0.6) is 11.5 Å². The van der Waals surface area contributed by atoms with Crippen molar-refractivity contribution in [2.24, 2.45) is 0 Å². The first-order valence-corrected chi connectivity index (χ1v) is 10.7. The van der Waals surface area contributed by atoms with Gasteiger partial charge in [-0.3, -0.25) is 9.59 Å². The number of carbonyl (C=O) groups excluding carboxylic acids is 2. The van der Waals surface area contributed by atoms with Gasteiger partial charge in [0.1, 0.15) is 11.5 Å². The normalized spacial score (nSPS) is 10.3. The zero-order chi connectivity index (χ0) is 21.2. The number of benzene rings is 2. The van der Waals surface area contributed by atoms with Crippen molar-refractivity contribution in [1.29, 1.82) is 0 Å². The number of hydrogen-bond donors (Lipinski definition) is 2. The van der Waals surface area contributed by atoms with E-state index in [1.807, 2.05) is 0 Å². The van der Waals surface area contributed by atoms with Crippen LogP contribution in [0.1, 0.15) is 12.8 Å². The molecule has 0 fully saturated rings. The predicted molar refractivity (Wildman–Crippen MR) is 120 cm³/mol. The highest BCUT2D eigenvalue weighted by molar-refractivity contribution is 7.99. The summed E-state index contributed by atoms with van der Waals surface area (Å²) in [6.07, 6.45) is 0.619. The van der Waals surface area contributed by atoms with Gasteiger partial charge in [-0.15, -0.1) is 0 Å². The number of thioether (sulfide) groups is 1. The molecule has 2 N–H and O–H groups in total. The number of methoxy groups -OCH3 is 2. The second-order valence-electron chi connectivity index (χ2n) is 5.90. The topological polar surface area (TPSA) is 76.7 Å². The number of hydrogen-bond acceptors (Lipinski definition) is 5. The highest BCUT2D eigenvalue weighted by atomic mass is 35.5. The van der Waals surface area contributed by atoms with Gasteiger partial charge in [0, 0.05) is 34.4 Å². The van der Waals surface area contributed by atoms with Crippen LogP contribution in [0.4, 0.5) is 11.4 Å². The third-order valence-electron chi connectivity index (χ3n) is 3.82. The molecule has 0 aliphatic rings. The van der Waals surface area contributed by atoms with E-state index in [4.69, 9.17) is 32.7 Å². The van der Waals surface area contributed by atoms with Gasteiger partial charge in [0.15, 0.2) is 0 Å². The molecule has 0 unspecified atom stereocenters. The Labute approximate surface area is 184 Å². The Hall–Kier alpha value is -2.09. The summed E-state index contributed by atoms with van der Waals surface area (Å²) >= 11 is 13.4. The van der Waals surface area contributed by atoms with Crippen LogP contribution in [-0.4, -0.2) is 37.5 Å². The van der Waals surface area contributed by atoms with E-state index in [2.05, 4.69) is 10.6 Å². The summed E-state index contributed by atoms with van der Waals surface area (Å²) in [7, 11) is 3.05. The number of halogens is 2. The molecule has 0 aliphatic heterocycles. The van der Waals surface area contributed by atoms with Gasteiger partial charge in [0.05, 0.1) is 25.6 Å². The van der Waals surface area contributed by atoms with Crippen molar-refractivity contribution < 1.29 is 19.1 Å². The Kier molecular flexibility index (Phi) is 9.44. The molecule has 2 aromatic carbocycles. The minimum absolute atomic E-state index is 0.147. The standard InChI is InChI=1S/C20H22Cl2N2O4S/c1-27-17-5-3-13(21)11-15(17)23-19(25)7-9-29-10-8-20(26)24-16-12-14(22)4-6-18(16)28-2/h3-6,11-12H,7-10H2,1-2H3,(H,23,25)(H,24,26). The van der Waals surface area contributed by atoms with Crippen LogP contribution in [0.25, 0.3) is 0 Å². The summed E-state index contributed by atoms with van der Waals surface area (Å²) in [5.41, 5.74) is 1.06. The SMILES string of the molecule is COc1ccc(Cl)cc1NC(=O)CCSCCC(=O)Nc1cc(Cl)ccc1OC. The van der Waals surface area contributed by atoms with Gasteiger partial charge in [-0.25, -0.2) is 0 Å². The van der Waals surface area contributed by atoms with E-state index in [9.17, 15) is 9.59 Å². The summed E-state index contributed by atoms with van der Waals surface area (Å²) in [5.74, 6) is 1.97. The van der Waals surface area contributed by atoms with Gasteiger partial charge in [0.2, 0.25) is 11.8 Å². The molecule has 0 radical (unpaired) electrons. The van der Waals surface area contributed by atoms with E-state index in [0.717, 1.165) is 0 Å². The van der Waals surface area contributed by atoms with E-state index < -0.39 is 0 Å². The van der Waals surface area contributed by atoms with E-state index in [-0.39, 0.29) is 11.8 Å². The van der Waals surface area contributed by atoms with Crippen molar-refractivity contribution in [3.63, 3.8) is 0 Å². The molecule has 2 amide bonds. The van der Waals surface area contributed by atoms with Crippen LogP contribution in [0.2, 0.25) is 10.0 Å². The molecule has 9 heteroatoms. The molecule has 0 heterocycles. The molecule has 0 spiro atoms. The third kappa shape index (κ3) is 7.68. The largest absolute Gasteiger partial charge is 0.495 e. The zero-order valence-corrected chi connectivity index (χ0v) is 18.4. The van der Waals surface area contributed by atoms with Gasteiger partial charge in [0.25, 0.3) is 0 Å². The van der Waals surface area contributed by atoms with Crippen LogP contribution in [0, 0.1) is 0 Å². The van der Waals surface area contributed by atoms with E-state index in [1.165, 1.54) is 26.0 Å². The summed E-state index contributed by atoms with van der Waals surface area (Å²) in [6.45, 7) is 0. The minimum atomic E-state index is -0.147. The summed E-state index contributed by atoms with van der Waals surface area (Å²) in [4.78, 5) is 24.2. The van der Waals surface area contributed by atoms with Crippen LogP contribution < -0.4 is 20.1 Å². The number of nitrogens with one attached hydrogen (secondary N) is 2. The third-order valence-corrected chi connectivity index (χ3v) is 5.27. The Bertz CT molecular complexity index is 795. The monoisotopic (exact) mass is 456 g/mol. The molecule has 156 valence electrons. The van der Waals surface area contributed by atoms with Crippen molar-refractivity contribution in [3.8, 4) is 11.5 Å². The highest BCUT2D eigenvalue weighted by Crippen LogP contribution is 2.29. The quantitative estimate of drug-likeness (QED) is 0.486. The molecular formula is C20H22Cl2N2O4S. The lowest BCUT2D eigenvalue weighted by atomic mass is 10.3. The van der Waals surface area contributed by atoms with E-state index in [0.29, 0.717) is 57.3 Å². The number of amides is 2. The summed E-state index contributed by atoms with van der Waals surface area (Å²) in [5, 5.41) is 6.59. The van der Waals surface area contributed by atoms with Gasteiger partial charge in [-0.2, -0.15) is 11.8 Å². The lowest BCUT2D eigenvalue weighted by Gasteiger charge is -2.11. The molecule has 0 saturated carbocycles. The van der Waals surface area contributed by atoms with E-state index in [1.54, 1.807) is 36.4 Å². The first-order valence-electron chi connectivity index (χ1n) is 8.77. The van der Waals surface area contributed by atoms with Crippen molar-refractivity contribution >= 4 is 58.2 Å². The molecule has 29 heavy (non-hydrogen) atoms. The first kappa shape index (κ1) is 23.2. The minimum Gasteiger partial charge on any atom is -0.495 e. The molecule has 2 aromatic rings. The fourth-order valence-electron chi connectivity index (χ4n) is 2.41. The lowest BCUT2D eigenvalue weighted by molar-refractivity contribution is -0.116. The summed E-state index contributed by atoms with van der Waals surface area (Å²) < 4.78 is 10.4. The Balaban J connectivity index is 1.70. The van der Waals surface area contributed by atoms with Gasteiger partial charge in [-0.05, 0) is 36.4 Å². The summed E-state index contributed by atoms with van der Waals surface area (Å²) in [6, 6.07) is 10.0. The van der Waals surface area contributed by atoms with Gasteiger partial charge < -0.3 is 20.1 Å². The lowest BCUT2D eigenvalue weighted by Crippen LogP contribution is -2.14. The fourth-order valence-corrected chi connectivity index (χ4v) is 3.62. The predicted octanol–water partition coefficient (Wildman–Crippen LogP) is 5.10. The first-order chi connectivity index (χ1) is 13.9. The highest BCUT2D eigenvalue weighted by Gasteiger charge is 2.10. The molecule has 2 rings (SSSR count). The van der Waals surface area contributed by atoms with Gasteiger partial charge in [-0.1, -0.05) is 23.2 Å². The molecule has 0 atom stereocenters. The van der Waals surface area contributed by atoms with Crippen LogP contribution in [-0.2, 0) is 9.59 Å². The second kappa shape index (κ2) is 11.8. The van der Waals surface area contributed by atoms with Crippen molar-refractivity contribution in [2.45, 2.75) is 12.8 Å². The molecule has 6 nitrogen and oxygen atoms in total. The molecule has 0 aliphatic carbocycles. The molecule has 0 bridgehead atoms. The second-order valence-corrected chi connectivity index (χ2v) is 8.00. The maximum atomic E-state index is 12.1. The Morgan fingerprint density at radius 3 is 1.62 bits per heavy atom. The van der Waals surface area contributed by atoms with Crippen molar-refractivity contribution in [3.05, 3.63) is 46.4 Å².